The molecule has 0 bridgehead atoms. The maximum Gasteiger partial charge on any atom is 0.217 e. The van der Waals surface area contributed by atoms with Gasteiger partial charge in [-0.3, -0.25) is 0 Å². The summed E-state index contributed by atoms with van der Waals surface area (Å²) in [6.07, 6.45) is 1.27. The van der Waals surface area contributed by atoms with Crippen molar-refractivity contribution < 1.29 is 18.6 Å². The summed E-state index contributed by atoms with van der Waals surface area (Å²) in [6, 6.07) is 0. The van der Waals surface area contributed by atoms with E-state index >= 15 is 0 Å². The highest BCUT2D eigenvalue weighted by Crippen LogP contribution is 2.42. The van der Waals surface area contributed by atoms with Crippen molar-refractivity contribution in [3.8, 4) is 0 Å². The second kappa shape index (κ2) is 3.44. The zero-order valence-electron chi connectivity index (χ0n) is 8.45. The first-order chi connectivity index (χ1) is 6.29. The second-order valence-electron chi connectivity index (χ2n) is 4.43. The average Bonchev–Trinajstić information content (AvgIpc) is 2.84. The monoisotopic (exact) mass is 223 g/mol. The molecular weight excluding hydrogens is 206 g/mol. The summed E-state index contributed by atoms with van der Waals surface area (Å²) in [5, 5.41) is 17.9. The molecule has 0 spiro atoms. The summed E-state index contributed by atoms with van der Waals surface area (Å²) in [4.78, 5) is 0. The molecule has 0 aromatic carbocycles. The van der Waals surface area contributed by atoms with Crippen LogP contribution in [0.2, 0.25) is 0 Å². The van der Waals surface area contributed by atoms with E-state index in [0.717, 1.165) is 0 Å². The number of aliphatic hydroxyl groups excluding tert-OH is 2. The third-order valence-electron chi connectivity index (χ3n) is 2.68. The van der Waals surface area contributed by atoms with Crippen LogP contribution in [0.25, 0.3) is 0 Å². The standard InChI is InChI=1S/C8H17NO4S/c1-7(5-10,6-11)9-14(12,13)8(2)3-4-8/h9-11H,3-6H2,1-2H3. The fourth-order valence-electron chi connectivity index (χ4n) is 1.01. The number of aliphatic hydroxyl groups is 2. The summed E-state index contributed by atoms with van der Waals surface area (Å²) < 4.78 is 25.1. The molecule has 0 atom stereocenters. The largest absolute Gasteiger partial charge is 0.394 e. The first-order valence-electron chi connectivity index (χ1n) is 4.54. The van der Waals surface area contributed by atoms with Gasteiger partial charge in [-0.2, -0.15) is 0 Å². The molecule has 0 heterocycles. The lowest BCUT2D eigenvalue weighted by molar-refractivity contribution is 0.121. The quantitative estimate of drug-likeness (QED) is 0.569. The van der Waals surface area contributed by atoms with Crippen LogP contribution in [0.1, 0.15) is 26.7 Å². The molecule has 0 amide bonds. The Labute approximate surface area is 84.2 Å². The molecular formula is C8H17NO4S. The van der Waals surface area contributed by atoms with Crippen LogP contribution in [0.3, 0.4) is 0 Å². The lowest BCUT2D eigenvalue weighted by atomic mass is 10.1. The van der Waals surface area contributed by atoms with Gasteiger partial charge < -0.3 is 10.2 Å². The van der Waals surface area contributed by atoms with E-state index in [0.29, 0.717) is 12.8 Å². The van der Waals surface area contributed by atoms with Crippen LogP contribution < -0.4 is 4.72 Å². The molecule has 0 aliphatic heterocycles. The predicted molar refractivity (Wildman–Crippen MR) is 52.3 cm³/mol. The Kier molecular flexibility index (Phi) is 2.93. The minimum atomic E-state index is -3.44. The highest BCUT2D eigenvalue weighted by Gasteiger charge is 2.51. The highest BCUT2D eigenvalue weighted by atomic mass is 32.2. The zero-order chi connectivity index (χ0) is 11.0. The van der Waals surface area contributed by atoms with E-state index in [9.17, 15) is 8.42 Å². The van der Waals surface area contributed by atoms with Gasteiger partial charge in [0.15, 0.2) is 0 Å². The third-order valence-corrected chi connectivity index (χ3v) is 5.15. The van der Waals surface area contributed by atoms with Crippen molar-refractivity contribution in [1.82, 2.24) is 4.72 Å². The molecule has 0 radical (unpaired) electrons. The van der Waals surface area contributed by atoms with E-state index < -0.39 is 33.5 Å². The van der Waals surface area contributed by atoms with Gasteiger partial charge in [0.05, 0.1) is 23.5 Å². The molecule has 1 aliphatic rings. The number of hydrogen-bond acceptors (Lipinski definition) is 4. The van der Waals surface area contributed by atoms with Crippen LogP contribution in [-0.4, -0.2) is 42.1 Å². The van der Waals surface area contributed by atoms with Gasteiger partial charge in [-0.05, 0) is 26.7 Å². The fourth-order valence-corrected chi connectivity index (χ4v) is 2.67. The summed E-state index contributed by atoms with van der Waals surface area (Å²) in [5.74, 6) is 0. The Morgan fingerprint density at radius 1 is 1.36 bits per heavy atom. The van der Waals surface area contributed by atoms with Gasteiger partial charge in [-0.1, -0.05) is 0 Å². The zero-order valence-corrected chi connectivity index (χ0v) is 9.26. The predicted octanol–water partition coefficient (Wildman–Crippen LogP) is -0.798. The fraction of sp³-hybridized carbons (Fsp3) is 1.00. The molecule has 1 rings (SSSR count). The highest BCUT2D eigenvalue weighted by molar-refractivity contribution is 7.91. The number of hydrogen-bond donors (Lipinski definition) is 3. The van der Waals surface area contributed by atoms with Crippen molar-refractivity contribution in [3.05, 3.63) is 0 Å². The van der Waals surface area contributed by atoms with Gasteiger partial charge in [-0.15, -0.1) is 0 Å². The molecule has 5 nitrogen and oxygen atoms in total. The van der Waals surface area contributed by atoms with Gasteiger partial charge in [0.25, 0.3) is 0 Å². The van der Waals surface area contributed by atoms with E-state index in [1.165, 1.54) is 6.92 Å². The molecule has 1 aliphatic carbocycles. The normalized spacial score (nSPS) is 20.9. The Hall–Kier alpha value is -0.170. The molecule has 1 saturated carbocycles. The summed E-state index contributed by atoms with van der Waals surface area (Å²) in [6.45, 7) is 2.29. The second-order valence-corrected chi connectivity index (χ2v) is 6.63. The summed E-state index contributed by atoms with van der Waals surface area (Å²) in [5.41, 5.74) is -1.16. The Balaban J connectivity index is 2.77. The first kappa shape index (κ1) is 11.9. The molecule has 0 aromatic heterocycles. The van der Waals surface area contributed by atoms with Crippen molar-refractivity contribution in [1.29, 1.82) is 0 Å². The van der Waals surface area contributed by atoms with Crippen LogP contribution in [0.15, 0.2) is 0 Å². The van der Waals surface area contributed by atoms with Gasteiger partial charge in [-0.25, -0.2) is 13.1 Å². The van der Waals surface area contributed by atoms with E-state index in [1.54, 1.807) is 6.92 Å². The SMILES string of the molecule is CC(CO)(CO)NS(=O)(=O)C1(C)CC1. The Morgan fingerprint density at radius 3 is 2.07 bits per heavy atom. The molecule has 1 fully saturated rings. The van der Waals surface area contributed by atoms with E-state index in [-0.39, 0.29) is 0 Å². The van der Waals surface area contributed by atoms with Gasteiger partial charge >= 0.3 is 0 Å². The first-order valence-corrected chi connectivity index (χ1v) is 6.02. The molecule has 14 heavy (non-hydrogen) atoms. The summed E-state index contributed by atoms with van der Waals surface area (Å²) >= 11 is 0. The summed E-state index contributed by atoms with van der Waals surface area (Å²) in [7, 11) is -3.44. The lowest BCUT2D eigenvalue weighted by Crippen LogP contribution is -2.54. The van der Waals surface area contributed by atoms with Crippen LogP contribution in [0.4, 0.5) is 0 Å². The molecule has 84 valence electrons. The molecule has 0 saturated heterocycles. The number of rotatable bonds is 5. The van der Waals surface area contributed by atoms with Crippen LogP contribution in [-0.2, 0) is 10.0 Å². The smallest absolute Gasteiger partial charge is 0.217 e. The van der Waals surface area contributed by atoms with Crippen molar-refractivity contribution in [3.63, 3.8) is 0 Å². The van der Waals surface area contributed by atoms with Crippen molar-refractivity contribution >= 4 is 10.0 Å². The maximum atomic E-state index is 11.7. The van der Waals surface area contributed by atoms with Crippen molar-refractivity contribution in [2.24, 2.45) is 0 Å². The van der Waals surface area contributed by atoms with Crippen LogP contribution in [0.5, 0.6) is 0 Å². The molecule has 6 heteroatoms. The third kappa shape index (κ3) is 2.08. The minimum absolute atomic E-state index is 0.418. The average molecular weight is 223 g/mol. The van der Waals surface area contributed by atoms with Gasteiger partial charge in [0.1, 0.15) is 0 Å². The topological polar surface area (TPSA) is 86.6 Å². The van der Waals surface area contributed by atoms with E-state index in [2.05, 4.69) is 4.72 Å². The lowest BCUT2D eigenvalue weighted by Gasteiger charge is -2.27. The van der Waals surface area contributed by atoms with E-state index in [4.69, 9.17) is 10.2 Å². The number of nitrogens with one attached hydrogen (secondary N) is 1. The molecule has 0 unspecified atom stereocenters. The minimum Gasteiger partial charge on any atom is -0.394 e. The van der Waals surface area contributed by atoms with Crippen LogP contribution >= 0.6 is 0 Å². The molecule has 0 aromatic rings. The van der Waals surface area contributed by atoms with E-state index in [1.807, 2.05) is 0 Å². The van der Waals surface area contributed by atoms with Gasteiger partial charge in [0.2, 0.25) is 10.0 Å². The number of sulfonamides is 1. The maximum absolute atomic E-state index is 11.7. The Bertz CT molecular complexity index is 303. The Morgan fingerprint density at radius 2 is 1.79 bits per heavy atom. The molecule has 3 N–H and O–H groups in total. The van der Waals surface area contributed by atoms with Gasteiger partial charge in [0, 0.05) is 0 Å². The van der Waals surface area contributed by atoms with Crippen molar-refractivity contribution in [2.75, 3.05) is 13.2 Å². The van der Waals surface area contributed by atoms with Crippen LogP contribution in [0, 0.1) is 0 Å². The van der Waals surface area contributed by atoms with Crippen molar-refractivity contribution in [2.45, 2.75) is 37.0 Å².